The lowest BCUT2D eigenvalue weighted by Crippen LogP contribution is -2.05. The van der Waals surface area contributed by atoms with Gasteiger partial charge in [-0.15, -0.1) is 11.8 Å². The van der Waals surface area contributed by atoms with Gasteiger partial charge in [-0.1, -0.05) is 0 Å². The molecule has 0 spiro atoms. The molecule has 34 heavy (non-hydrogen) atoms. The standard InChI is InChI=1S/C22H26N4O4S.C2H6O/c1-24-19(22(28)29)15-31-14-17-7-9-26-21(12-17)25-8-3-2-4-10-30-20-6-5-16(13-27)11-18(20)23;1-3-2/h5-7,9,11-13,15H,1-4,8,10,14,23H2,(H,25,26)(H,28,29);1-2H3/b19-15-;. The van der Waals surface area contributed by atoms with Crippen LogP contribution in [0.3, 0.4) is 0 Å². The van der Waals surface area contributed by atoms with Gasteiger partial charge in [-0.3, -0.25) is 9.79 Å². The summed E-state index contributed by atoms with van der Waals surface area (Å²) in [6.07, 6.45) is 5.30. The Morgan fingerprint density at radius 3 is 2.68 bits per heavy atom. The molecule has 1 heterocycles. The molecule has 2 aromatic rings. The highest BCUT2D eigenvalue weighted by Crippen LogP contribution is 2.22. The molecular weight excluding hydrogens is 456 g/mol. The van der Waals surface area contributed by atoms with Crippen molar-refractivity contribution < 1.29 is 24.2 Å². The Bertz CT molecular complexity index is 953. The van der Waals surface area contributed by atoms with Crippen LogP contribution in [0.15, 0.2) is 52.6 Å². The van der Waals surface area contributed by atoms with E-state index in [2.05, 4.69) is 26.7 Å². The fourth-order valence-corrected chi connectivity index (χ4v) is 3.40. The summed E-state index contributed by atoms with van der Waals surface area (Å²) < 4.78 is 9.92. The number of nitrogens with zero attached hydrogens (tertiary/aromatic N) is 2. The SMILES string of the molecule is C=N/C(=C\SCc1ccnc(NCCCCCOc2ccc(C=O)cc2N)c1)C(=O)O.COC. The third-order valence-electron chi connectivity index (χ3n) is 4.21. The monoisotopic (exact) mass is 488 g/mol. The molecule has 10 heteroatoms. The van der Waals surface area contributed by atoms with Crippen LogP contribution in [0.1, 0.15) is 35.2 Å². The number of hydrogen-bond donors (Lipinski definition) is 3. The second-order valence-electron chi connectivity index (χ2n) is 6.99. The number of carboxylic acids is 1. The van der Waals surface area contributed by atoms with Crippen molar-refractivity contribution in [3.63, 3.8) is 0 Å². The maximum absolute atomic E-state index is 10.9. The molecular formula is C24H32N4O5S. The molecule has 0 aliphatic rings. The smallest absolute Gasteiger partial charge is 0.354 e. The maximum atomic E-state index is 10.9. The summed E-state index contributed by atoms with van der Waals surface area (Å²) in [5.41, 5.74) is 7.82. The first-order valence-electron chi connectivity index (χ1n) is 10.5. The number of benzene rings is 1. The van der Waals surface area contributed by atoms with Gasteiger partial charge in [-0.25, -0.2) is 9.78 Å². The number of nitrogen functional groups attached to an aromatic ring is 1. The second kappa shape index (κ2) is 17.2. The summed E-state index contributed by atoms with van der Waals surface area (Å²) in [5.74, 6) is 0.889. The molecule has 0 bridgehead atoms. The Kier molecular flexibility index (Phi) is 14.5. The van der Waals surface area contributed by atoms with Crippen LogP contribution in [0, 0.1) is 0 Å². The third-order valence-corrected chi connectivity index (χ3v) is 5.10. The van der Waals surface area contributed by atoms with E-state index in [1.54, 1.807) is 38.6 Å². The molecule has 0 aliphatic carbocycles. The molecule has 0 saturated carbocycles. The van der Waals surface area contributed by atoms with Gasteiger partial charge in [0, 0.05) is 43.7 Å². The van der Waals surface area contributed by atoms with E-state index in [9.17, 15) is 9.59 Å². The number of carbonyl (C=O) groups excluding carboxylic acids is 1. The highest BCUT2D eigenvalue weighted by molar-refractivity contribution is 8.01. The van der Waals surface area contributed by atoms with Gasteiger partial charge in [0.25, 0.3) is 0 Å². The fourth-order valence-electron chi connectivity index (χ4n) is 2.61. The van der Waals surface area contributed by atoms with Crippen LogP contribution >= 0.6 is 11.8 Å². The van der Waals surface area contributed by atoms with Crippen molar-refractivity contribution in [3.8, 4) is 5.75 Å². The summed E-state index contributed by atoms with van der Waals surface area (Å²) in [6.45, 7) is 4.59. The van der Waals surface area contributed by atoms with Crippen LogP contribution < -0.4 is 15.8 Å². The first-order valence-corrected chi connectivity index (χ1v) is 11.6. The Morgan fingerprint density at radius 2 is 2.03 bits per heavy atom. The van der Waals surface area contributed by atoms with Crippen LogP contribution in [-0.2, 0) is 15.3 Å². The molecule has 0 radical (unpaired) electrons. The lowest BCUT2D eigenvalue weighted by Gasteiger charge is -2.10. The number of nitrogens with two attached hydrogens (primary N) is 1. The van der Waals surface area contributed by atoms with Crippen molar-refractivity contribution in [1.82, 2.24) is 4.98 Å². The first-order chi connectivity index (χ1) is 16.4. The van der Waals surface area contributed by atoms with E-state index in [-0.39, 0.29) is 5.70 Å². The average molecular weight is 489 g/mol. The van der Waals surface area contributed by atoms with E-state index < -0.39 is 5.97 Å². The number of aromatic nitrogens is 1. The number of thioether (sulfide) groups is 1. The highest BCUT2D eigenvalue weighted by Gasteiger charge is 2.04. The number of aldehydes is 1. The summed E-state index contributed by atoms with van der Waals surface area (Å²) in [7, 11) is 3.25. The lowest BCUT2D eigenvalue weighted by atomic mass is 10.2. The second-order valence-corrected chi connectivity index (χ2v) is 7.84. The molecule has 184 valence electrons. The zero-order chi connectivity index (χ0) is 25.2. The number of ether oxygens (including phenoxy) is 2. The van der Waals surface area contributed by atoms with Gasteiger partial charge in [0.15, 0.2) is 5.70 Å². The number of pyridine rings is 1. The van der Waals surface area contributed by atoms with Gasteiger partial charge in [0.05, 0.1) is 12.3 Å². The normalized spacial score (nSPS) is 10.6. The summed E-state index contributed by atoms with van der Waals surface area (Å²) in [4.78, 5) is 29.4. The number of carboxylic acid groups (broad SMARTS) is 1. The number of hydrogen-bond acceptors (Lipinski definition) is 9. The van der Waals surface area contributed by atoms with Crippen molar-refractivity contribution in [1.29, 1.82) is 0 Å². The van der Waals surface area contributed by atoms with Crippen molar-refractivity contribution in [2.75, 3.05) is 38.4 Å². The molecule has 1 aromatic carbocycles. The molecule has 4 N–H and O–H groups in total. The minimum Gasteiger partial charge on any atom is -0.491 e. The van der Waals surface area contributed by atoms with Gasteiger partial charge >= 0.3 is 5.97 Å². The number of anilines is 2. The fraction of sp³-hybridized carbons (Fsp3) is 0.333. The molecule has 0 aliphatic heterocycles. The topological polar surface area (TPSA) is 136 Å². The zero-order valence-corrected chi connectivity index (χ0v) is 20.3. The largest absolute Gasteiger partial charge is 0.491 e. The predicted molar refractivity (Wildman–Crippen MR) is 138 cm³/mol. The van der Waals surface area contributed by atoms with Crippen LogP contribution in [0.2, 0.25) is 0 Å². The number of rotatable bonds is 14. The summed E-state index contributed by atoms with van der Waals surface area (Å²) >= 11 is 1.34. The van der Waals surface area contributed by atoms with Crippen LogP contribution in [0.4, 0.5) is 11.5 Å². The molecule has 1 aromatic heterocycles. The van der Waals surface area contributed by atoms with E-state index >= 15 is 0 Å². The highest BCUT2D eigenvalue weighted by atomic mass is 32.2. The average Bonchev–Trinajstić information content (AvgIpc) is 2.82. The van der Waals surface area contributed by atoms with Gasteiger partial charge in [-0.2, -0.15) is 0 Å². The maximum Gasteiger partial charge on any atom is 0.354 e. The number of nitrogens with one attached hydrogen (secondary N) is 1. The summed E-state index contributed by atoms with van der Waals surface area (Å²) in [6, 6.07) is 8.82. The molecule has 9 nitrogen and oxygen atoms in total. The predicted octanol–water partition coefficient (Wildman–Crippen LogP) is 4.26. The molecule has 0 saturated heterocycles. The van der Waals surface area contributed by atoms with Crippen molar-refractivity contribution >= 4 is 42.2 Å². The van der Waals surface area contributed by atoms with E-state index in [0.717, 1.165) is 43.5 Å². The molecule has 0 atom stereocenters. The number of aliphatic imine (C=N–C) groups is 1. The molecule has 2 rings (SSSR count). The quantitative estimate of drug-likeness (QED) is 0.117. The summed E-state index contributed by atoms with van der Waals surface area (Å²) in [5, 5.41) is 13.7. The third kappa shape index (κ3) is 11.5. The van der Waals surface area contributed by atoms with E-state index in [0.29, 0.717) is 29.4 Å². The van der Waals surface area contributed by atoms with Crippen molar-refractivity contribution in [2.24, 2.45) is 4.99 Å². The minimum absolute atomic E-state index is 0.0675. The number of methoxy groups -OCH3 is 1. The number of unbranched alkanes of at least 4 members (excludes halogenated alkanes) is 2. The number of aliphatic carboxylic acids is 1. The van der Waals surface area contributed by atoms with Crippen molar-refractivity contribution in [3.05, 3.63) is 58.8 Å². The first kappa shape index (κ1) is 28.7. The van der Waals surface area contributed by atoms with E-state index in [4.69, 9.17) is 15.6 Å². The van der Waals surface area contributed by atoms with Crippen molar-refractivity contribution in [2.45, 2.75) is 25.0 Å². The Hall–Kier alpha value is -3.37. The minimum atomic E-state index is -1.09. The van der Waals surface area contributed by atoms with Gasteiger partial charge in [0.1, 0.15) is 17.9 Å². The van der Waals surface area contributed by atoms with E-state index in [1.165, 1.54) is 17.2 Å². The van der Waals surface area contributed by atoms with Gasteiger partial charge < -0.3 is 25.6 Å². The zero-order valence-electron chi connectivity index (χ0n) is 19.5. The molecule has 0 unspecified atom stereocenters. The van der Waals surface area contributed by atoms with Crippen LogP contribution in [-0.4, -0.2) is 56.4 Å². The Labute approximate surface area is 204 Å². The van der Waals surface area contributed by atoms with E-state index in [1.807, 2.05) is 12.1 Å². The van der Waals surface area contributed by atoms with Crippen LogP contribution in [0.5, 0.6) is 5.75 Å². The molecule has 0 amide bonds. The lowest BCUT2D eigenvalue weighted by molar-refractivity contribution is -0.132. The Balaban J connectivity index is 0.00000182. The van der Waals surface area contributed by atoms with Gasteiger partial charge in [-0.05, 0) is 61.9 Å². The Morgan fingerprint density at radius 1 is 1.26 bits per heavy atom. The van der Waals surface area contributed by atoms with Crippen LogP contribution in [0.25, 0.3) is 0 Å². The molecule has 0 fully saturated rings. The van der Waals surface area contributed by atoms with Gasteiger partial charge in [0.2, 0.25) is 0 Å². The number of carbonyl (C=O) groups is 2.